The van der Waals surface area contributed by atoms with E-state index in [1.54, 1.807) is 0 Å². The lowest BCUT2D eigenvalue weighted by Gasteiger charge is -2.28. The Morgan fingerprint density at radius 3 is 2.76 bits per heavy atom. The van der Waals surface area contributed by atoms with Crippen molar-refractivity contribution in [3.63, 3.8) is 0 Å². The van der Waals surface area contributed by atoms with Crippen LogP contribution in [0.1, 0.15) is 64.6 Å². The number of aryl methyl sites for hydroxylation is 3. The molecule has 1 aliphatic heterocycles. The number of hydrogen-bond donors (Lipinski definition) is 3. The predicted molar refractivity (Wildman–Crippen MR) is 165 cm³/mol. The first kappa shape index (κ1) is 31.2. The molecule has 0 unspecified atom stereocenters. The summed E-state index contributed by atoms with van der Waals surface area (Å²) in [6.45, 7) is 10.9. The van der Waals surface area contributed by atoms with E-state index in [0.717, 1.165) is 67.7 Å². The molecule has 0 saturated carbocycles. The molecule has 1 atom stereocenters. The Bertz CT molecular complexity index is 1350. The first-order valence-corrected chi connectivity index (χ1v) is 15.0. The molecular weight excluding hydrogens is 532 g/mol. The number of esters is 1. The standard InChI is InChI=1S/C31H46N8O3/c1-22(40)32-16-20-39(17-7-6-10-24-12-11-23-9-8-15-33-27(23)36-24)19-14-26(30(41)42-31(2,3)4)37-28-25-13-18-38(5)29(25)35-21-34-28/h11-13,18,21,26H,6-10,14-17,19-20H2,1-5H3,(H,32,40)(H,33,36)(H,34,35,37)/t26-/m0/s1. The number of nitrogens with zero attached hydrogens (tertiary/aromatic N) is 5. The molecule has 228 valence electrons. The molecule has 3 aromatic heterocycles. The van der Waals surface area contributed by atoms with Crippen LogP contribution in [0.2, 0.25) is 0 Å². The van der Waals surface area contributed by atoms with Crippen molar-refractivity contribution in [2.75, 3.05) is 43.4 Å². The minimum atomic E-state index is -0.615. The van der Waals surface area contributed by atoms with Crippen molar-refractivity contribution < 1.29 is 14.3 Å². The van der Waals surface area contributed by atoms with Crippen LogP contribution in [0.15, 0.2) is 30.7 Å². The molecule has 0 radical (unpaired) electrons. The molecule has 0 bridgehead atoms. The minimum absolute atomic E-state index is 0.0500. The highest BCUT2D eigenvalue weighted by Crippen LogP contribution is 2.23. The third kappa shape index (κ3) is 9.14. The van der Waals surface area contributed by atoms with Gasteiger partial charge in [-0.3, -0.25) is 4.79 Å². The Kier molecular flexibility index (Phi) is 10.7. The quantitative estimate of drug-likeness (QED) is 0.194. The first-order valence-electron chi connectivity index (χ1n) is 15.0. The van der Waals surface area contributed by atoms with E-state index in [1.807, 2.05) is 44.6 Å². The molecule has 3 N–H and O–H groups in total. The lowest BCUT2D eigenvalue weighted by Crippen LogP contribution is -2.41. The molecule has 11 heteroatoms. The number of anilines is 2. The van der Waals surface area contributed by atoms with Gasteiger partial charge in [-0.2, -0.15) is 0 Å². The Balaban J connectivity index is 1.39. The average molecular weight is 579 g/mol. The molecule has 0 aromatic carbocycles. The van der Waals surface area contributed by atoms with Crippen LogP contribution in [-0.2, 0) is 34.2 Å². The van der Waals surface area contributed by atoms with Gasteiger partial charge >= 0.3 is 5.97 Å². The summed E-state index contributed by atoms with van der Waals surface area (Å²) in [5.41, 5.74) is 2.59. The van der Waals surface area contributed by atoms with E-state index in [0.29, 0.717) is 31.9 Å². The SMILES string of the molecule is CC(=O)NCCN(CCCCc1ccc2c(n1)NCCC2)CC[C@H](Nc1ncnc2c1ccn2C)C(=O)OC(C)(C)C. The fourth-order valence-electron chi connectivity index (χ4n) is 5.17. The van der Waals surface area contributed by atoms with E-state index in [4.69, 9.17) is 9.72 Å². The van der Waals surface area contributed by atoms with Gasteiger partial charge in [0, 0.05) is 52.0 Å². The highest BCUT2D eigenvalue weighted by atomic mass is 16.6. The number of nitrogens with one attached hydrogen (secondary N) is 3. The second-order valence-corrected chi connectivity index (χ2v) is 12.0. The number of amides is 1. The number of pyridine rings is 1. The Hall–Kier alpha value is -3.73. The van der Waals surface area contributed by atoms with Gasteiger partial charge in [0.05, 0.1) is 5.39 Å². The van der Waals surface area contributed by atoms with Crippen molar-refractivity contribution in [2.24, 2.45) is 7.05 Å². The summed E-state index contributed by atoms with van der Waals surface area (Å²) < 4.78 is 7.70. The van der Waals surface area contributed by atoms with Crippen LogP contribution in [0.25, 0.3) is 11.0 Å². The number of ether oxygens (including phenoxy) is 1. The number of rotatable bonds is 14. The summed E-state index contributed by atoms with van der Waals surface area (Å²) >= 11 is 0. The minimum Gasteiger partial charge on any atom is -0.458 e. The number of hydrogen-bond acceptors (Lipinski definition) is 9. The zero-order valence-electron chi connectivity index (χ0n) is 25.7. The predicted octanol–water partition coefficient (Wildman–Crippen LogP) is 3.69. The summed E-state index contributed by atoms with van der Waals surface area (Å²) in [6, 6.07) is 5.69. The average Bonchev–Trinajstić information content (AvgIpc) is 3.32. The fourth-order valence-corrected chi connectivity index (χ4v) is 5.17. The van der Waals surface area contributed by atoms with Gasteiger partial charge in [0.15, 0.2) is 0 Å². The van der Waals surface area contributed by atoms with Crippen LogP contribution >= 0.6 is 0 Å². The zero-order valence-corrected chi connectivity index (χ0v) is 25.7. The summed E-state index contributed by atoms with van der Waals surface area (Å²) in [6.07, 6.45) is 9.09. The summed E-state index contributed by atoms with van der Waals surface area (Å²) in [5, 5.41) is 10.5. The molecule has 4 rings (SSSR count). The summed E-state index contributed by atoms with van der Waals surface area (Å²) in [4.78, 5) is 40.8. The first-order chi connectivity index (χ1) is 20.1. The molecule has 0 spiro atoms. The second-order valence-electron chi connectivity index (χ2n) is 12.0. The molecule has 1 amide bonds. The van der Waals surface area contributed by atoms with Crippen LogP contribution in [0, 0.1) is 0 Å². The number of carbonyl (C=O) groups is 2. The van der Waals surface area contributed by atoms with Crippen molar-refractivity contribution >= 4 is 34.5 Å². The molecule has 0 fully saturated rings. The lowest BCUT2D eigenvalue weighted by atomic mass is 10.1. The van der Waals surface area contributed by atoms with Crippen LogP contribution in [-0.4, -0.2) is 80.7 Å². The fraction of sp³-hybridized carbons (Fsp3) is 0.581. The van der Waals surface area contributed by atoms with Gasteiger partial charge in [-0.25, -0.2) is 19.7 Å². The van der Waals surface area contributed by atoms with E-state index < -0.39 is 11.6 Å². The van der Waals surface area contributed by atoms with Gasteiger partial charge in [0.2, 0.25) is 5.91 Å². The van der Waals surface area contributed by atoms with E-state index >= 15 is 0 Å². The van der Waals surface area contributed by atoms with Crippen molar-refractivity contribution in [3.05, 3.63) is 42.0 Å². The Morgan fingerprint density at radius 1 is 1.14 bits per heavy atom. The van der Waals surface area contributed by atoms with E-state index in [2.05, 4.69) is 43.0 Å². The van der Waals surface area contributed by atoms with Gasteiger partial charge in [0.1, 0.15) is 35.3 Å². The van der Waals surface area contributed by atoms with Crippen molar-refractivity contribution in [3.8, 4) is 0 Å². The van der Waals surface area contributed by atoms with Crippen LogP contribution in [0.3, 0.4) is 0 Å². The highest BCUT2D eigenvalue weighted by molar-refractivity contribution is 5.89. The molecule has 11 nitrogen and oxygen atoms in total. The van der Waals surface area contributed by atoms with Gasteiger partial charge in [-0.15, -0.1) is 0 Å². The van der Waals surface area contributed by atoms with Crippen molar-refractivity contribution in [2.45, 2.75) is 77.9 Å². The summed E-state index contributed by atoms with van der Waals surface area (Å²) in [5.74, 6) is 1.27. The van der Waals surface area contributed by atoms with E-state index in [-0.39, 0.29) is 11.9 Å². The molecule has 4 heterocycles. The number of unbranched alkanes of at least 4 members (excludes halogenated alkanes) is 1. The van der Waals surface area contributed by atoms with Gasteiger partial charge in [-0.1, -0.05) is 6.07 Å². The molecule has 0 saturated heterocycles. The zero-order chi connectivity index (χ0) is 30.1. The summed E-state index contributed by atoms with van der Waals surface area (Å²) in [7, 11) is 1.93. The number of fused-ring (bicyclic) bond motifs is 2. The maximum absolute atomic E-state index is 13.3. The molecule has 3 aromatic rings. The topological polar surface area (TPSA) is 126 Å². The van der Waals surface area contributed by atoms with E-state index in [9.17, 15) is 9.59 Å². The monoisotopic (exact) mass is 578 g/mol. The molecule has 42 heavy (non-hydrogen) atoms. The van der Waals surface area contributed by atoms with Crippen LogP contribution in [0.5, 0.6) is 0 Å². The molecule has 0 aliphatic carbocycles. The maximum Gasteiger partial charge on any atom is 0.329 e. The molecule has 1 aliphatic rings. The number of carbonyl (C=O) groups excluding carboxylic acids is 2. The van der Waals surface area contributed by atoms with E-state index in [1.165, 1.54) is 18.8 Å². The highest BCUT2D eigenvalue weighted by Gasteiger charge is 2.27. The van der Waals surface area contributed by atoms with Gasteiger partial charge in [-0.05, 0) is 83.5 Å². The van der Waals surface area contributed by atoms with Crippen LogP contribution in [0.4, 0.5) is 11.6 Å². The van der Waals surface area contributed by atoms with Crippen LogP contribution < -0.4 is 16.0 Å². The second kappa shape index (κ2) is 14.4. The third-order valence-corrected chi connectivity index (χ3v) is 7.31. The Labute approximate surface area is 248 Å². The number of aromatic nitrogens is 4. The van der Waals surface area contributed by atoms with Crippen molar-refractivity contribution in [1.29, 1.82) is 0 Å². The third-order valence-electron chi connectivity index (χ3n) is 7.31. The normalized spacial score (nSPS) is 13.9. The maximum atomic E-state index is 13.3. The smallest absolute Gasteiger partial charge is 0.329 e. The largest absolute Gasteiger partial charge is 0.458 e. The molecular formula is C31H46N8O3. The van der Waals surface area contributed by atoms with Gasteiger partial charge in [0.25, 0.3) is 0 Å². The van der Waals surface area contributed by atoms with Crippen molar-refractivity contribution in [1.82, 2.24) is 29.7 Å². The Morgan fingerprint density at radius 2 is 1.98 bits per heavy atom. The lowest BCUT2D eigenvalue weighted by molar-refractivity contribution is -0.156. The van der Waals surface area contributed by atoms with Gasteiger partial charge < -0.3 is 30.2 Å².